The minimum atomic E-state index is 0.514. The van der Waals surface area contributed by atoms with Crippen LogP contribution in [-0.4, -0.2) is 6.61 Å². The molecule has 0 unspecified atom stereocenters. The Morgan fingerprint density at radius 2 is 1.94 bits per heavy atom. The predicted molar refractivity (Wildman–Crippen MR) is 70.3 cm³/mol. The third-order valence-corrected chi connectivity index (χ3v) is 3.28. The average molecular weight is 241 g/mol. The molecule has 90 valence electrons. The van der Waals surface area contributed by atoms with Crippen LogP contribution < -0.4 is 4.74 Å². The largest absolute Gasteiger partial charge is 0.493 e. The molecular weight excluding hydrogens is 220 g/mol. The van der Waals surface area contributed by atoms with E-state index in [-0.39, 0.29) is 0 Å². The Morgan fingerprint density at radius 3 is 2.50 bits per heavy atom. The van der Waals surface area contributed by atoms with Gasteiger partial charge in [0.25, 0.3) is 0 Å². The maximum atomic E-state index is 5.91. The number of aryl methyl sites for hydroxylation is 1. The summed E-state index contributed by atoms with van der Waals surface area (Å²) in [7, 11) is 0. The summed E-state index contributed by atoms with van der Waals surface area (Å²) < 4.78 is 5.84. The molecule has 16 heavy (non-hydrogen) atoms. The van der Waals surface area contributed by atoms with Crippen LogP contribution in [0.3, 0.4) is 0 Å². The van der Waals surface area contributed by atoms with Crippen LogP contribution in [0.2, 0.25) is 0 Å². The summed E-state index contributed by atoms with van der Waals surface area (Å²) in [6.07, 6.45) is 2.33. The fourth-order valence-electron chi connectivity index (χ4n) is 1.69. The molecule has 0 fully saturated rings. The first-order chi connectivity index (χ1) is 7.71. The van der Waals surface area contributed by atoms with Crippen molar-refractivity contribution in [2.24, 2.45) is 5.92 Å². The van der Waals surface area contributed by atoms with Crippen molar-refractivity contribution >= 4 is 11.6 Å². The number of halogens is 1. The van der Waals surface area contributed by atoms with Crippen LogP contribution in [0.15, 0.2) is 18.2 Å². The Morgan fingerprint density at radius 1 is 1.25 bits per heavy atom. The van der Waals surface area contributed by atoms with Crippen molar-refractivity contribution in [3.05, 3.63) is 29.3 Å². The second-order valence-electron chi connectivity index (χ2n) is 4.24. The van der Waals surface area contributed by atoms with E-state index in [4.69, 9.17) is 16.3 Å². The van der Waals surface area contributed by atoms with Crippen molar-refractivity contribution in [1.82, 2.24) is 0 Å². The van der Waals surface area contributed by atoms with Crippen molar-refractivity contribution in [3.8, 4) is 5.75 Å². The standard InChI is InChI=1S/C14H21ClO/c1-4-12(5-2)10-16-14-7-6-11(3)8-13(14)9-15/h6-8,12H,4-5,9-10H2,1-3H3. The Kier molecular flexibility index (Phi) is 5.68. The van der Waals surface area contributed by atoms with Crippen molar-refractivity contribution in [2.45, 2.75) is 39.5 Å². The second-order valence-corrected chi connectivity index (χ2v) is 4.51. The maximum Gasteiger partial charge on any atom is 0.123 e. The van der Waals surface area contributed by atoms with Crippen LogP contribution in [0, 0.1) is 12.8 Å². The minimum Gasteiger partial charge on any atom is -0.493 e. The van der Waals surface area contributed by atoms with E-state index in [1.165, 1.54) is 18.4 Å². The summed E-state index contributed by atoms with van der Waals surface area (Å²) in [5.74, 6) is 2.09. The number of hydrogen-bond acceptors (Lipinski definition) is 1. The molecule has 0 amide bonds. The van der Waals surface area contributed by atoms with Crippen LogP contribution in [0.4, 0.5) is 0 Å². The molecule has 0 saturated carbocycles. The van der Waals surface area contributed by atoms with Gasteiger partial charge in [-0.25, -0.2) is 0 Å². The molecule has 1 aromatic rings. The number of ether oxygens (including phenoxy) is 1. The van der Waals surface area contributed by atoms with Crippen molar-refractivity contribution in [1.29, 1.82) is 0 Å². The van der Waals surface area contributed by atoms with E-state index in [1.54, 1.807) is 0 Å². The summed E-state index contributed by atoms with van der Waals surface area (Å²) in [6, 6.07) is 6.18. The smallest absolute Gasteiger partial charge is 0.123 e. The van der Waals surface area contributed by atoms with Crippen molar-refractivity contribution in [3.63, 3.8) is 0 Å². The van der Waals surface area contributed by atoms with Crippen LogP contribution in [0.1, 0.15) is 37.8 Å². The lowest BCUT2D eigenvalue weighted by atomic mass is 10.1. The highest BCUT2D eigenvalue weighted by Crippen LogP contribution is 2.23. The van der Waals surface area contributed by atoms with E-state index >= 15 is 0 Å². The van der Waals surface area contributed by atoms with E-state index < -0.39 is 0 Å². The van der Waals surface area contributed by atoms with Crippen LogP contribution >= 0.6 is 11.6 Å². The molecule has 0 spiro atoms. The van der Waals surface area contributed by atoms with Gasteiger partial charge in [-0.05, 0) is 18.9 Å². The van der Waals surface area contributed by atoms with Gasteiger partial charge in [0.2, 0.25) is 0 Å². The zero-order valence-corrected chi connectivity index (χ0v) is 11.2. The molecule has 0 aliphatic heterocycles. The number of rotatable bonds is 6. The third kappa shape index (κ3) is 3.71. The Balaban J connectivity index is 2.65. The molecule has 1 nitrogen and oxygen atoms in total. The van der Waals surface area contributed by atoms with Gasteiger partial charge in [0.1, 0.15) is 5.75 Å². The molecule has 0 saturated heterocycles. The number of benzene rings is 1. The highest BCUT2D eigenvalue weighted by atomic mass is 35.5. The van der Waals surface area contributed by atoms with Crippen LogP contribution in [0.5, 0.6) is 5.75 Å². The van der Waals surface area contributed by atoms with Gasteiger partial charge < -0.3 is 4.74 Å². The Labute approximate surface area is 104 Å². The molecule has 0 atom stereocenters. The highest BCUT2D eigenvalue weighted by Gasteiger charge is 2.07. The zero-order valence-electron chi connectivity index (χ0n) is 10.4. The maximum absolute atomic E-state index is 5.91. The molecule has 0 N–H and O–H groups in total. The Bertz CT molecular complexity index is 319. The fraction of sp³-hybridized carbons (Fsp3) is 0.571. The second kappa shape index (κ2) is 6.80. The van der Waals surface area contributed by atoms with E-state index in [9.17, 15) is 0 Å². The summed E-state index contributed by atoms with van der Waals surface area (Å²) in [5.41, 5.74) is 2.32. The predicted octanol–water partition coefficient (Wildman–Crippen LogP) is 4.55. The molecule has 0 aliphatic carbocycles. The van der Waals surface area contributed by atoms with Gasteiger partial charge in [-0.15, -0.1) is 11.6 Å². The van der Waals surface area contributed by atoms with Gasteiger partial charge in [-0.2, -0.15) is 0 Å². The van der Waals surface area contributed by atoms with Gasteiger partial charge in [0.05, 0.1) is 12.5 Å². The molecule has 0 aliphatic rings. The summed E-state index contributed by atoms with van der Waals surface area (Å²) >= 11 is 5.91. The summed E-state index contributed by atoms with van der Waals surface area (Å²) in [6.45, 7) is 7.27. The van der Waals surface area contributed by atoms with Crippen LogP contribution in [0.25, 0.3) is 0 Å². The zero-order chi connectivity index (χ0) is 12.0. The molecule has 0 radical (unpaired) electrons. The van der Waals surface area contributed by atoms with Gasteiger partial charge >= 0.3 is 0 Å². The number of alkyl halides is 1. The van der Waals surface area contributed by atoms with Gasteiger partial charge in [-0.3, -0.25) is 0 Å². The van der Waals surface area contributed by atoms with Gasteiger partial charge in [0.15, 0.2) is 0 Å². The lowest BCUT2D eigenvalue weighted by Gasteiger charge is -2.16. The fourth-order valence-corrected chi connectivity index (χ4v) is 1.89. The van der Waals surface area contributed by atoms with Crippen LogP contribution in [-0.2, 0) is 5.88 Å². The monoisotopic (exact) mass is 240 g/mol. The molecule has 1 rings (SSSR count). The van der Waals surface area contributed by atoms with Gasteiger partial charge in [0, 0.05) is 5.56 Å². The lowest BCUT2D eigenvalue weighted by Crippen LogP contribution is -2.10. The third-order valence-electron chi connectivity index (χ3n) is 2.99. The molecular formula is C14H21ClO. The molecule has 1 aromatic carbocycles. The first-order valence-electron chi connectivity index (χ1n) is 5.99. The molecule has 0 heterocycles. The first kappa shape index (κ1) is 13.4. The SMILES string of the molecule is CCC(CC)COc1ccc(C)cc1CCl. The van der Waals surface area contributed by atoms with E-state index in [2.05, 4.69) is 32.9 Å². The molecule has 2 heteroatoms. The average Bonchev–Trinajstić information content (AvgIpc) is 2.31. The van der Waals surface area contributed by atoms with E-state index in [0.717, 1.165) is 17.9 Å². The van der Waals surface area contributed by atoms with Crippen molar-refractivity contribution < 1.29 is 4.74 Å². The number of hydrogen-bond donors (Lipinski definition) is 0. The van der Waals surface area contributed by atoms with E-state index in [1.807, 2.05) is 6.07 Å². The van der Waals surface area contributed by atoms with Gasteiger partial charge in [-0.1, -0.05) is 44.4 Å². The molecule has 0 aromatic heterocycles. The minimum absolute atomic E-state index is 0.514. The molecule has 0 bridgehead atoms. The van der Waals surface area contributed by atoms with Crippen molar-refractivity contribution in [2.75, 3.05) is 6.61 Å². The lowest BCUT2D eigenvalue weighted by molar-refractivity contribution is 0.239. The highest BCUT2D eigenvalue weighted by molar-refractivity contribution is 6.17. The Hall–Kier alpha value is -0.690. The quantitative estimate of drug-likeness (QED) is 0.663. The summed E-state index contributed by atoms with van der Waals surface area (Å²) in [4.78, 5) is 0. The topological polar surface area (TPSA) is 9.23 Å². The first-order valence-corrected chi connectivity index (χ1v) is 6.53. The van der Waals surface area contributed by atoms with E-state index in [0.29, 0.717) is 11.8 Å². The summed E-state index contributed by atoms with van der Waals surface area (Å²) in [5, 5.41) is 0. The normalized spacial score (nSPS) is 10.8.